The van der Waals surface area contributed by atoms with Crippen molar-refractivity contribution < 1.29 is 14.3 Å². The van der Waals surface area contributed by atoms with E-state index in [2.05, 4.69) is 20.3 Å². The Hall–Kier alpha value is -2.18. The molecule has 1 aromatic heterocycles. The van der Waals surface area contributed by atoms with Crippen LogP contribution in [0.1, 0.15) is 36.2 Å². The first-order valence-corrected chi connectivity index (χ1v) is 6.04. The molecule has 0 aromatic carbocycles. The third-order valence-corrected chi connectivity index (χ3v) is 2.48. The van der Waals surface area contributed by atoms with Crippen LogP contribution < -0.4 is 10.9 Å². The van der Waals surface area contributed by atoms with Crippen molar-refractivity contribution in [2.75, 3.05) is 13.7 Å². The Labute approximate surface area is 110 Å². The topological polar surface area (TPSA) is 101 Å². The van der Waals surface area contributed by atoms with Crippen molar-refractivity contribution in [3.8, 4) is 0 Å². The molecule has 1 aromatic rings. The van der Waals surface area contributed by atoms with Gasteiger partial charge in [0.15, 0.2) is 0 Å². The van der Waals surface area contributed by atoms with Gasteiger partial charge in [-0.25, -0.2) is 5.10 Å². The molecule has 0 unspecified atom stereocenters. The molecular weight excluding hydrogens is 250 g/mol. The fourth-order valence-electron chi connectivity index (χ4n) is 1.44. The van der Waals surface area contributed by atoms with E-state index in [0.717, 1.165) is 19.3 Å². The second-order valence-electron chi connectivity index (χ2n) is 3.95. The highest BCUT2D eigenvalue weighted by Gasteiger charge is 2.06. The molecule has 0 bridgehead atoms. The van der Waals surface area contributed by atoms with E-state index in [1.165, 1.54) is 19.2 Å². The fourth-order valence-corrected chi connectivity index (χ4v) is 1.44. The maximum atomic E-state index is 11.6. The summed E-state index contributed by atoms with van der Waals surface area (Å²) in [5.41, 5.74) is -0.173. The summed E-state index contributed by atoms with van der Waals surface area (Å²) in [6, 6.07) is 2.61. The van der Waals surface area contributed by atoms with E-state index in [9.17, 15) is 14.4 Å². The molecule has 0 fully saturated rings. The maximum absolute atomic E-state index is 11.6. The van der Waals surface area contributed by atoms with E-state index in [-0.39, 0.29) is 23.1 Å². The third-order valence-electron chi connectivity index (χ3n) is 2.48. The molecule has 2 N–H and O–H groups in total. The molecule has 0 saturated carbocycles. The van der Waals surface area contributed by atoms with Crippen molar-refractivity contribution in [2.45, 2.75) is 25.7 Å². The lowest BCUT2D eigenvalue weighted by molar-refractivity contribution is -0.140. The van der Waals surface area contributed by atoms with Gasteiger partial charge in [0, 0.05) is 19.0 Å². The van der Waals surface area contributed by atoms with Crippen LogP contribution >= 0.6 is 0 Å². The van der Waals surface area contributed by atoms with Crippen molar-refractivity contribution in [3.63, 3.8) is 0 Å². The molecule has 7 heteroatoms. The number of esters is 1. The van der Waals surface area contributed by atoms with Crippen LogP contribution in [0, 0.1) is 0 Å². The van der Waals surface area contributed by atoms with Gasteiger partial charge >= 0.3 is 5.97 Å². The highest BCUT2D eigenvalue weighted by atomic mass is 16.5. The molecule has 1 rings (SSSR count). The van der Waals surface area contributed by atoms with E-state index < -0.39 is 0 Å². The molecule has 0 saturated heterocycles. The number of amides is 1. The molecule has 0 aliphatic heterocycles. The van der Waals surface area contributed by atoms with Crippen molar-refractivity contribution in [2.24, 2.45) is 0 Å². The van der Waals surface area contributed by atoms with Crippen LogP contribution in [0.25, 0.3) is 0 Å². The first-order chi connectivity index (χ1) is 9.13. The molecular formula is C12H17N3O4. The number of unbranched alkanes of at least 4 members (excludes halogenated alkanes) is 2. The lowest BCUT2D eigenvalue weighted by Gasteiger charge is -2.04. The smallest absolute Gasteiger partial charge is 0.305 e. The molecule has 0 spiro atoms. The third kappa shape index (κ3) is 5.80. The second-order valence-corrected chi connectivity index (χ2v) is 3.95. The normalized spacial score (nSPS) is 9.95. The van der Waals surface area contributed by atoms with E-state index >= 15 is 0 Å². The lowest BCUT2D eigenvalue weighted by atomic mass is 10.2. The van der Waals surface area contributed by atoms with Gasteiger partial charge in [0.05, 0.1) is 7.11 Å². The van der Waals surface area contributed by atoms with Gasteiger partial charge in [0.25, 0.3) is 11.5 Å². The summed E-state index contributed by atoms with van der Waals surface area (Å²) in [4.78, 5) is 33.2. The Kier molecular flexibility index (Phi) is 6.28. The average molecular weight is 267 g/mol. The van der Waals surface area contributed by atoms with Crippen LogP contribution in [0.3, 0.4) is 0 Å². The highest BCUT2D eigenvalue weighted by molar-refractivity contribution is 5.91. The van der Waals surface area contributed by atoms with Crippen LogP contribution in [0.15, 0.2) is 16.9 Å². The first-order valence-electron chi connectivity index (χ1n) is 6.04. The van der Waals surface area contributed by atoms with E-state index in [1.807, 2.05) is 0 Å². The minimum atomic E-state index is -0.348. The summed E-state index contributed by atoms with van der Waals surface area (Å²) in [5, 5.41) is 8.49. The quantitative estimate of drug-likeness (QED) is 0.544. The molecule has 1 amide bonds. The number of methoxy groups -OCH3 is 1. The molecule has 0 atom stereocenters. The second kappa shape index (κ2) is 8.02. The number of aromatic amines is 1. The van der Waals surface area contributed by atoms with Gasteiger partial charge in [0.2, 0.25) is 0 Å². The van der Waals surface area contributed by atoms with Gasteiger partial charge in [-0.2, -0.15) is 5.10 Å². The number of aromatic nitrogens is 2. The number of ether oxygens (including phenoxy) is 1. The minimum absolute atomic E-state index is 0.175. The fraction of sp³-hybridized carbons (Fsp3) is 0.500. The number of carbonyl (C=O) groups excluding carboxylic acids is 2. The highest BCUT2D eigenvalue weighted by Crippen LogP contribution is 2.00. The number of rotatable bonds is 7. The number of nitrogens with one attached hydrogen (secondary N) is 2. The Morgan fingerprint density at radius 1 is 1.32 bits per heavy atom. The van der Waals surface area contributed by atoms with Crippen LogP contribution in [-0.4, -0.2) is 35.7 Å². The van der Waals surface area contributed by atoms with Crippen LogP contribution in [0.5, 0.6) is 0 Å². The predicted molar refractivity (Wildman–Crippen MR) is 67.7 cm³/mol. The molecule has 0 radical (unpaired) electrons. The molecule has 0 aliphatic rings. The van der Waals surface area contributed by atoms with Crippen LogP contribution in [0.4, 0.5) is 0 Å². The average Bonchev–Trinajstić information content (AvgIpc) is 2.42. The van der Waals surface area contributed by atoms with Crippen molar-refractivity contribution >= 4 is 11.9 Å². The molecule has 7 nitrogen and oxygen atoms in total. The number of H-pyrrole nitrogens is 1. The van der Waals surface area contributed by atoms with Crippen molar-refractivity contribution in [1.82, 2.24) is 15.5 Å². The summed E-state index contributed by atoms with van der Waals surface area (Å²) in [6.45, 7) is 0.501. The van der Waals surface area contributed by atoms with E-state index in [1.54, 1.807) is 0 Å². The van der Waals surface area contributed by atoms with Crippen molar-refractivity contribution in [1.29, 1.82) is 0 Å². The van der Waals surface area contributed by atoms with Gasteiger partial charge in [-0.1, -0.05) is 6.42 Å². The molecule has 0 aliphatic carbocycles. The summed E-state index contributed by atoms with van der Waals surface area (Å²) in [7, 11) is 1.36. The Bertz CT molecular complexity index is 464. The summed E-state index contributed by atoms with van der Waals surface area (Å²) in [5.74, 6) is -0.550. The monoisotopic (exact) mass is 267 g/mol. The zero-order chi connectivity index (χ0) is 14.1. The van der Waals surface area contributed by atoms with Gasteiger partial charge in [-0.05, 0) is 18.9 Å². The lowest BCUT2D eigenvalue weighted by Crippen LogP contribution is -2.26. The largest absolute Gasteiger partial charge is 0.469 e. The Balaban J connectivity index is 2.16. The first kappa shape index (κ1) is 14.9. The van der Waals surface area contributed by atoms with E-state index in [4.69, 9.17) is 0 Å². The van der Waals surface area contributed by atoms with Crippen molar-refractivity contribution in [3.05, 3.63) is 28.2 Å². The molecule has 1 heterocycles. The zero-order valence-corrected chi connectivity index (χ0v) is 10.8. The number of hydrogen-bond acceptors (Lipinski definition) is 5. The molecule has 19 heavy (non-hydrogen) atoms. The zero-order valence-electron chi connectivity index (χ0n) is 10.8. The SMILES string of the molecule is COC(=O)CCCCCNC(=O)c1ccc(=O)[nH]n1. The van der Waals surface area contributed by atoms with Gasteiger partial charge in [-0.3, -0.25) is 14.4 Å². The Morgan fingerprint density at radius 2 is 2.11 bits per heavy atom. The summed E-state index contributed by atoms with van der Waals surface area (Å²) in [6.07, 6.45) is 2.73. The standard InChI is InChI=1S/C12H17N3O4/c1-19-11(17)5-3-2-4-8-13-12(18)9-6-7-10(16)15-14-9/h6-7H,2-5,8H2,1H3,(H,13,18)(H,15,16). The Morgan fingerprint density at radius 3 is 2.74 bits per heavy atom. The van der Waals surface area contributed by atoms with Gasteiger partial charge in [0.1, 0.15) is 5.69 Å². The number of hydrogen-bond donors (Lipinski definition) is 2. The summed E-state index contributed by atoms with van der Waals surface area (Å²) < 4.78 is 4.52. The number of carbonyl (C=O) groups is 2. The maximum Gasteiger partial charge on any atom is 0.305 e. The minimum Gasteiger partial charge on any atom is -0.469 e. The van der Waals surface area contributed by atoms with Gasteiger partial charge < -0.3 is 10.1 Å². The predicted octanol–water partition coefficient (Wildman–Crippen LogP) is 0.233. The number of nitrogens with zero attached hydrogens (tertiary/aromatic N) is 1. The van der Waals surface area contributed by atoms with Gasteiger partial charge in [-0.15, -0.1) is 0 Å². The van der Waals surface area contributed by atoms with Crippen LogP contribution in [-0.2, 0) is 9.53 Å². The van der Waals surface area contributed by atoms with Crippen LogP contribution in [0.2, 0.25) is 0 Å². The van der Waals surface area contributed by atoms with E-state index in [0.29, 0.717) is 13.0 Å². The molecule has 104 valence electrons. The summed E-state index contributed by atoms with van der Waals surface area (Å²) >= 11 is 0.